The second-order valence-electron chi connectivity index (χ2n) is 5.33. The highest BCUT2D eigenvalue weighted by Gasteiger charge is 2.33. The lowest BCUT2D eigenvalue weighted by Crippen LogP contribution is -2.31. The summed E-state index contributed by atoms with van der Waals surface area (Å²) < 4.78 is 0. The van der Waals surface area contributed by atoms with Crippen LogP contribution in [0.3, 0.4) is 0 Å². The van der Waals surface area contributed by atoms with E-state index >= 15 is 0 Å². The molecule has 1 unspecified atom stereocenters. The summed E-state index contributed by atoms with van der Waals surface area (Å²) in [5.41, 5.74) is 2.62. The van der Waals surface area contributed by atoms with Gasteiger partial charge in [0.05, 0.1) is 5.69 Å². The van der Waals surface area contributed by atoms with Crippen molar-refractivity contribution in [2.45, 2.75) is 39.3 Å². The maximum atomic E-state index is 11.8. The van der Waals surface area contributed by atoms with Crippen molar-refractivity contribution in [1.82, 2.24) is 0 Å². The number of aliphatic hydroxyl groups is 1. The van der Waals surface area contributed by atoms with Gasteiger partial charge >= 0.3 is 0 Å². The number of carbonyl (C=O) groups excluding carboxylic acids is 1. The minimum Gasteiger partial charge on any atom is -0.378 e. The fourth-order valence-electron chi connectivity index (χ4n) is 2.59. The number of rotatable bonds is 4. The standard InChI is InChI=1S/C15H22N2O2/c1-5-8-17(10(2)3)11-6-7-12-13(9-11)16(4)15(19)14(12)18/h6-7,9-10,14,18H,5,8H2,1-4H3. The predicted molar refractivity (Wildman–Crippen MR) is 77.6 cm³/mol. The molecule has 1 aliphatic heterocycles. The van der Waals surface area contributed by atoms with Gasteiger partial charge < -0.3 is 14.9 Å². The summed E-state index contributed by atoms with van der Waals surface area (Å²) in [7, 11) is 1.71. The van der Waals surface area contributed by atoms with E-state index in [0.29, 0.717) is 11.6 Å². The summed E-state index contributed by atoms with van der Waals surface area (Å²) in [5.74, 6) is -0.251. The second-order valence-corrected chi connectivity index (χ2v) is 5.33. The minimum atomic E-state index is -1.01. The molecule has 1 N–H and O–H groups in total. The van der Waals surface area contributed by atoms with E-state index in [1.165, 1.54) is 4.90 Å². The Morgan fingerprint density at radius 3 is 2.68 bits per heavy atom. The summed E-state index contributed by atoms with van der Waals surface area (Å²) in [6, 6.07) is 6.26. The second kappa shape index (κ2) is 5.21. The van der Waals surface area contributed by atoms with Crippen LogP contribution in [-0.2, 0) is 4.79 Å². The number of fused-ring (bicyclic) bond motifs is 1. The highest BCUT2D eigenvalue weighted by molar-refractivity contribution is 6.03. The van der Waals surface area contributed by atoms with Crippen LogP contribution in [0, 0.1) is 0 Å². The molecular formula is C15H22N2O2. The van der Waals surface area contributed by atoms with Crippen molar-refractivity contribution in [3.8, 4) is 0 Å². The van der Waals surface area contributed by atoms with Crippen molar-refractivity contribution in [3.05, 3.63) is 23.8 Å². The third-order valence-electron chi connectivity index (χ3n) is 3.65. The average Bonchev–Trinajstić information content (AvgIpc) is 2.60. The van der Waals surface area contributed by atoms with E-state index in [0.717, 1.165) is 24.3 Å². The molecule has 0 saturated carbocycles. The summed E-state index contributed by atoms with van der Waals surface area (Å²) >= 11 is 0. The van der Waals surface area contributed by atoms with Crippen LogP contribution >= 0.6 is 0 Å². The number of amides is 1. The first kappa shape index (κ1) is 13.9. The minimum absolute atomic E-state index is 0.251. The molecule has 104 valence electrons. The van der Waals surface area contributed by atoms with Gasteiger partial charge in [0.1, 0.15) is 0 Å². The number of anilines is 2. The van der Waals surface area contributed by atoms with E-state index in [-0.39, 0.29) is 5.91 Å². The van der Waals surface area contributed by atoms with Crippen molar-refractivity contribution < 1.29 is 9.90 Å². The van der Waals surface area contributed by atoms with Crippen LogP contribution in [0.1, 0.15) is 38.9 Å². The third kappa shape index (κ3) is 2.32. The summed E-state index contributed by atoms with van der Waals surface area (Å²) in [6.07, 6.45) is 0.0693. The molecule has 1 atom stereocenters. The van der Waals surface area contributed by atoms with Crippen LogP contribution in [0.5, 0.6) is 0 Å². The zero-order valence-electron chi connectivity index (χ0n) is 12.1. The maximum absolute atomic E-state index is 11.8. The van der Waals surface area contributed by atoms with Crippen LogP contribution in [0.4, 0.5) is 11.4 Å². The van der Waals surface area contributed by atoms with E-state index in [9.17, 15) is 9.90 Å². The molecule has 0 fully saturated rings. The van der Waals surface area contributed by atoms with Gasteiger partial charge in [-0.1, -0.05) is 13.0 Å². The molecule has 4 heteroatoms. The van der Waals surface area contributed by atoms with Gasteiger partial charge in [-0.05, 0) is 32.4 Å². The lowest BCUT2D eigenvalue weighted by atomic mass is 10.1. The number of hydrogen-bond acceptors (Lipinski definition) is 3. The molecule has 19 heavy (non-hydrogen) atoms. The molecule has 1 aliphatic rings. The largest absolute Gasteiger partial charge is 0.378 e. The van der Waals surface area contributed by atoms with Crippen LogP contribution in [-0.4, -0.2) is 30.6 Å². The van der Waals surface area contributed by atoms with Crippen molar-refractivity contribution >= 4 is 17.3 Å². The topological polar surface area (TPSA) is 43.8 Å². The van der Waals surface area contributed by atoms with Crippen LogP contribution in [0.15, 0.2) is 18.2 Å². The summed E-state index contributed by atoms with van der Waals surface area (Å²) in [5, 5.41) is 9.86. The molecule has 2 rings (SSSR count). The van der Waals surface area contributed by atoms with Gasteiger partial charge in [0, 0.05) is 30.9 Å². The molecule has 1 aromatic rings. The number of nitrogens with zero attached hydrogens (tertiary/aromatic N) is 2. The highest BCUT2D eigenvalue weighted by Crippen LogP contribution is 2.37. The number of benzene rings is 1. The van der Waals surface area contributed by atoms with Crippen LogP contribution < -0.4 is 9.80 Å². The molecule has 0 spiro atoms. The number of aliphatic hydroxyl groups excluding tert-OH is 1. The Balaban J connectivity index is 2.39. The summed E-state index contributed by atoms with van der Waals surface area (Å²) in [6.45, 7) is 7.46. The van der Waals surface area contributed by atoms with Crippen molar-refractivity contribution in [1.29, 1.82) is 0 Å². The first-order chi connectivity index (χ1) is 8.97. The van der Waals surface area contributed by atoms with E-state index in [4.69, 9.17) is 0 Å². The molecule has 0 bridgehead atoms. The quantitative estimate of drug-likeness (QED) is 0.905. The van der Waals surface area contributed by atoms with Crippen LogP contribution in [0.25, 0.3) is 0 Å². The molecule has 0 aliphatic carbocycles. The molecular weight excluding hydrogens is 240 g/mol. The van der Waals surface area contributed by atoms with Crippen molar-refractivity contribution in [3.63, 3.8) is 0 Å². The smallest absolute Gasteiger partial charge is 0.260 e. The molecule has 1 aromatic carbocycles. The zero-order valence-corrected chi connectivity index (χ0v) is 12.1. The SMILES string of the molecule is CCCN(c1ccc2c(c1)N(C)C(=O)C2O)C(C)C. The Morgan fingerprint density at radius 1 is 1.42 bits per heavy atom. The van der Waals surface area contributed by atoms with E-state index in [2.05, 4.69) is 25.7 Å². The molecule has 0 aromatic heterocycles. The Bertz CT molecular complexity index is 485. The predicted octanol–water partition coefficient (Wildman–Crippen LogP) is 2.32. The third-order valence-corrected chi connectivity index (χ3v) is 3.65. The Kier molecular flexibility index (Phi) is 3.80. The first-order valence-electron chi connectivity index (χ1n) is 6.83. The fourth-order valence-corrected chi connectivity index (χ4v) is 2.59. The molecule has 0 saturated heterocycles. The van der Waals surface area contributed by atoms with Gasteiger partial charge in [-0.25, -0.2) is 0 Å². The Labute approximate surface area is 114 Å². The Hall–Kier alpha value is -1.55. The zero-order chi connectivity index (χ0) is 14.2. The fraction of sp³-hybridized carbons (Fsp3) is 0.533. The van der Waals surface area contributed by atoms with Gasteiger partial charge in [0.25, 0.3) is 5.91 Å². The van der Waals surface area contributed by atoms with E-state index < -0.39 is 6.10 Å². The van der Waals surface area contributed by atoms with Gasteiger partial charge in [0.15, 0.2) is 6.10 Å². The van der Waals surface area contributed by atoms with Gasteiger partial charge in [-0.3, -0.25) is 4.79 Å². The number of hydrogen-bond donors (Lipinski definition) is 1. The van der Waals surface area contributed by atoms with Gasteiger partial charge in [-0.15, -0.1) is 0 Å². The monoisotopic (exact) mass is 262 g/mol. The maximum Gasteiger partial charge on any atom is 0.260 e. The number of likely N-dealkylation sites (N-methyl/N-ethyl adjacent to an activating group) is 1. The van der Waals surface area contributed by atoms with E-state index in [1.54, 1.807) is 7.05 Å². The van der Waals surface area contributed by atoms with Gasteiger partial charge in [-0.2, -0.15) is 0 Å². The summed E-state index contributed by atoms with van der Waals surface area (Å²) in [4.78, 5) is 15.6. The van der Waals surface area contributed by atoms with Crippen molar-refractivity contribution in [2.24, 2.45) is 0 Å². The molecule has 4 nitrogen and oxygen atoms in total. The lowest BCUT2D eigenvalue weighted by molar-refractivity contribution is -0.125. The highest BCUT2D eigenvalue weighted by atomic mass is 16.3. The lowest BCUT2D eigenvalue weighted by Gasteiger charge is -2.29. The Morgan fingerprint density at radius 2 is 2.11 bits per heavy atom. The first-order valence-corrected chi connectivity index (χ1v) is 6.83. The van der Waals surface area contributed by atoms with Crippen molar-refractivity contribution in [2.75, 3.05) is 23.4 Å². The van der Waals surface area contributed by atoms with Crippen LogP contribution in [0.2, 0.25) is 0 Å². The van der Waals surface area contributed by atoms with Gasteiger partial charge in [0.2, 0.25) is 0 Å². The normalized spacial score (nSPS) is 18.1. The molecule has 1 amide bonds. The number of carbonyl (C=O) groups is 1. The molecule has 0 radical (unpaired) electrons. The molecule has 1 heterocycles. The van der Waals surface area contributed by atoms with E-state index in [1.807, 2.05) is 18.2 Å². The average molecular weight is 262 g/mol.